The molecule has 0 spiro atoms. The third-order valence-electron chi connectivity index (χ3n) is 2.49. The Kier molecular flexibility index (Phi) is 3.21. The van der Waals surface area contributed by atoms with Crippen molar-refractivity contribution >= 4 is 21.7 Å². The van der Waals surface area contributed by atoms with Gasteiger partial charge in [-0.05, 0) is 35.7 Å². The molecule has 4 nitrogen and oxygen atoms in total. The van der Waals surface area contributed by atoms with Crippen molar-refractivity contribution in [3.05, 3.63) is 16.4 Å². The molecule has 1 heterocycles. The molecule has 1 saturated carbocycles. The highest BCUT2D eigenvalue weighted by Crippen LogP contribution is 2.20. The minimum Gasteiger partial charge on any atom is -0.307 e. The molecule has 2 rings (SSSR count). The van der Waals surface area contributed by atoms with Gasteiger partial charge in [0.2, 0.25) is 0 Å². The van der Waals surface area contributed by atoms with E-state index in [4.69, 9.17) is 0 Å². The van der Waals surface area contributed by atoms with Crippen LogP contribution in [-0.2, 0) is 6.54 Å². The number of hydrogen-bond donors (Lipinski definition) is 1. The molecule has 1 aliphatic rings. The van der Waals surface area contributed by atoms with Gasteiger partial charge in [-0.1, -0.05) is 0 Å². The van der Waals surface area contributed by atoms with Gasteiger partial charge < -0.3 is 5.32 Å². The van der Waals surface area contributed by atoms with Crippen molar-refractivity contribution in [1.29, 1.82) is 0 Å². The van der Waals surface area contributed by atoms with E-state index in [1.54, 1.807) is 10.9 Å². The van der Waals surface area contributed by atoms with Crippen LogP contribution in [0.2, 0.25) is 0 Å². The van der Waals surface area contributed by atoms with Gasteiger partial charge in [-0.2, -0.15) is 5.10 Å². The number of aryl methyl sites for hydroxylation is 1. The van der Waals surface area contributed by atoms with Crippen molar-refractivity contribution in [2.24, 2.45) is 0 Å². The number of aromatic nitrogens is 2. The Morgan fingerprint density at radius 2 is 2.47 bits per heavy atom. The maximum absolute atomic E-state index is 11.9. The Labute approximate surface area is 97.2 Å². The summed E-state index contributed by atoms with van der Waals surface area (Å²) in [4.78, 5) is 11.9. The van der Waals surface area contributed by atoms with Gasteiger partial charge in [0.1, 0.15) is 5.69 Å². The maximum atomic E-state index is 11.9. The number of ketones is 1. The molecular weight excluding hydrogens is 258 g/mol. The fourth-order valence-electron chi connectivity index (χ4n) is 1.49. The molecule has 15 heavy (non-hydrogen) atoms. The third kappa shape index (κ3) is 2.46. The monoisotopic (exact) mass is 271 g/mol. The van der Waals surface area contributed by atoms with E-state index in [-0.39, 0.29) is 5.78 Å². The SMILES string of the molecule is CCn1ncc(Br)c1C(=O)CNC1CC1. The fourth-order valence-corrected chi connectivity index (χ4v) is 2.01. The molecule has 1 aromatic rings. The summed E-state index contributed by atoms with van der Waals surface area (Å²) in [5.41, 5.74) is 0.672. The van der Waals surface area contributed by atoms with Crippen LogP contribution in [0, 0.1) is 0 Å². The van der Waals surface area contributed by atoms with Crippen LogP contribution in [0.25, 0.3) is 0 Å². The smallest absolute Gasteiger partial charge is 0.195 e. The second kappa shape index (κ2) is 4.45. The van der Waals surface area contributed by atoms with Gasteiger partial charge >= 0.3 is 0 Å². The molecule has 0 unspecified atom stereocenters. The normalized spacial score (nSPS) is 15.6. The van der Waals surface area contributed by atoms with Gasteiger partial charge in [-0.15, -0.1) is 0 Å². The first-order valence-electron chi connectivity index (χ1n) is 5.20. The third-order valence-corrected chi connectivity index (χ3v) is 3.07. The van der Waals surface area contributed by atoms with E-state index in [1.165, 1.54) is 12.8 Å². The largest absolute Gasteiger partial charge is 0.307 e. The summed E-state index contributed by atoms with van der Waals surface area (Å²) in [6.45, 7) is 3.11. The van der Waals surface area contributed by atoms with Crippen LogP contribution in [0.4, 0.5) is 0 Å². The molecule has 0 bridgehead atoms. The molecule has 1 N–H and O–H groups in total. The lowest BCUT2D eigenvalue weighted by molar-refractivity contribution is 0.0979. The minimum atomic E-state index is 0.105. The highest BCUT2D eigenvalue weighted by atomic mass is 79.9. The van der Waals surface area contributed by atoms with Gasteiger partial charge in [0.25, 0.3) is 0 Å². The van der Waals surface area contributed by atoms with Gasteiger partial charge in [0, 0.05) is 12.6 Å². The number of carbonyl (C=O) groups excluding carboxylic acids is 1. The molecule has 5 heteroatoms. The standard InChI is InChI=1S/C10H14BrN3O/c1-2-14-10(8(11)5-13-14)9(15)6-12-7-3-4-7/h5,7,12H,2-4,6H2,1H3. The van der Waals surface area contributed by atoms with Crippen LogP contribution in [0.3, 0.4) is 0 Å². The Hall–Kier alpha value is -0.680. The summed E-state index contributed by atoms with van der Waals surface area (Å²) < 4.78 is 2.51. The molecule has 0 aliphatic heterocycles. The van der Waals surface area contributed by atoms with Crippen LogP contribution in [0.1, 0.15) is 30.3 Å². The van der Waals surface area contributed by atoms with Crippen molar-refractivity contribution in [3.8, 4) is 0 Å². The van der Waals surface area contributed by atoms with Crippen molar-refractivity contribution in [2.75, 3.05) is 6.54 Å². The average molecular weight is 272 g/mol. The molecule has 0 aromatic carbocycles. The van der Waals surface area contributed by atoms with E-state index in [1.807, 2.05) is 6.92 Å². The molecule has 0 saturated heterocycles. The topological polar surface area (TPSA) is 46.9 Å². The first-order chi connectivity index (χ1) is 7.22. The zero-order valence-corrected chi connectivity index (χ0v) is 10.2. The van der Waals surface area contributed by atoms with Crippen LogP contribution in [0.15, 0.2) is 10.7 Å². The van der Waals surface area contributed by atoms with Gasteiger partial charge in [-0.25, -0.2) is 0 Å². The van der Waals surface area contributed by atoms with Gasteiger partial charge in [0.15, 0.2) is 5.78 Å². The van der Waals surface area contributed by atoms with Crippen LogP contribution < -0.4 is 5.32 Å². The number of nitrogens with zero attached hydrogens (tertiary/aromatic N) is 2. The summed E-state index contributed by atoms with van der Waals surface area (Å²) in [5.74, 6) is 0.105. The Morgan fingerprint density at radius 1 is 1.73 bits per heavy atom. The summed E-state index contributed by atoms with van der Waals surface area (Å²) in [6, 6.07) is 0.561. The number of hydrogen-bond acceptors (Lipinski definition) is 3. The quantitative estimate of drug-likeness (QED) is 0.828. The van der Waals surface area contributed by atoms with Crippen molar-refractivity contribution < 1.29 is 4.79 Å². The van der Waals surface area contributed by atoms with E-state index in [0.29, 0.717) is 18.3 Å². The van der Waals surface area contributed by atoms with E-state index in [2.05, 4.69) is 26.3 Å². The van der Waals surface area contributed by atoms with E-state index >= 15 is 0 Å². The fraction of sp³-hybridized carbons (Fsp3) is 0.600. The molecule has 1 aliphatic carbocycles. The first-order valence-corrected chi connectivity index (χ1v) is 5.99. The maximum Gasteiger partial charge on any atom is 0.195 e. The molecular formula is C10H14BrN3O. The molecule has 0 radical (unpaired) electrons. The second-order valence-electron chi connectivity index (χ2n) is 3.74. The second-order valence-corrected chi connectivity index (χ2v) is 4.59. The minimum absolute atomic E-state index is 0.105. The number of nitrogens with one attached hydrogen (secondary N) is 1. The first kappa shape index (κ1) is 10.8. The zero-order chi connectivity index (χ0) is 10.8. The predicted octanol–water partition coefficient (Wildman–Crippen LogP) is 1.60. The molecule has 0 amide bonds. The van der Waals surface area contributed by atoms with Gasteiger partial charge in [-0.3, -0.25) is 9.48 Å². The highest BCUT2D eigenvalue weighted by Gasteiger charge is 2.23. The molecule has 1 fully saturated rings. The number of halogens is 1. The van der Waals surface area contributed by atoms with Gasteiger partial charge in [0.05, 0.1) is 17.2 Å². The zero-order valence-electron chi connectivity index (χ0n) is 8.66. The Bertz CT molecular complexity index is 371. The summed E-state index contributed by atoms with van der Waals surface area (Å²) in [5, 5.41) is 7.33. The van der Waals surface area contributed by atoms with E-state index in [0.717, 1.165) is 11.0 Å². The molecule has 1 aromatic heterocycles. The lowest BCUT2D eigenvalue weighted by atomic mass is 10.3. The van der Waals surface area contributed by atoms with E-state index in [9.17, 15) is 4.79 Å². The number of carbonyl (C=O) groups is 1. The predicted molar refractivity (Wildman–Crippen MR) is 61.0 cm³/mol. The lowest BCUT2D eigenvalue weighted by Gasteiger charge is -2.05. The van der Waals surface area contributed by atoms with Crippen molar-refractivity contribution in [2.45, 2.75) is 32.4 Å². The average Bonchev–Trinajstić information content (AvgIpc) is 2.98. The highest BCUT2D eigenvalue weighted by molar-refractivity contribution is 9.10. The summed E-state index contributed by atoms with van der Waals surface area (Å²) >= 11 is 3.35. The molecule has 0 atom stereocenters. The van der Waals surface area contributed by atoms with Crippen molar-refractivity contribution in [3.63, 3.8) is 0 Å². The van der Waals surface area contributed by atoms with E-state index < -0.39 is 0 Å². The van der Waals surface area contributed by atoms with Crippen LogP contribution in [0.5, 0.6) is 0 Å². The Balaban J connectivity index is 2.05. The molecule has 82 valence electrons. The Morgan fingerprint density at radius 3 is 3.07 bits per heavy atom. The van der Waals surface area contributed by atoms with Crippen molar-refractivity contribution in [1.82, 2.24) is 15.1 Å². The summed E-state index contributed by atoms with van der Waals surface area (Å²) in [7, 11) is 0. The number of rotatable bonds is 5. The van der Waals surface area contributed by atoms with Crippen LogP contribution in [-0.4, -0.2) is 28.2 Å². The summed E-state index contributed by atoms with van der Waals surface area (Å²) in [6.07, 6.45) is 4.07. The number of Topliss-reactive ketones (excluding diaryl/α,β-unsaturated/α-hetero) is 1. The lowest BCUT2D eigenvalue weighted by Crippen LogP contribution is -2.26. The van der Waals surface area contributed by atoms with Crippen LogP contribution >= 0.6 is 15.9 Å².